The van der Waals surface area contributed by atoms with Gasteiger partial charge in [0.05, 0.1) is 28.6 Å². The Kier molecular flexibility index (Phi) is 14.1. The Morgan fingerprint density at radius 1 is 1.09 bits per heavy atom. The Bertz CT molecular complexity index is 760. The second kappa shape index (κ2) is 15.6. The summed E-state index contributed by atoms with van der Waals surface area (Å²) in [6, 6.07) is 3.64. The maximum absolute atomic E-state index is 11.9. The van der Waals surface area contributed by atoms with Gasteiger partial charge in [-0.1, -0.05) is 19.8 Å². The van der Waals surface area contributed by atoms with Crippen molar-refractivity contribution in [3.8, 4) is 5.75 Å². The van der Waals surface area contributed by atoms with Crippen molar-refractivity contribution in [2.75, 3.05) is 26.4 Å². The first-order valence-corrected chi connectivity index (χ1v) is 14.9. The minimum atomic E-state index is -3.43. The lowest BCUT2D eigenvalue weighted by Gasteiger charge is -2.13. The molecule has 0 fully saturated rings. The van der Waals surface area contributed by atoms with Crippen molar-refractivity contribution in [2.24, 2.45) is 0 Å². The van der Waals surface area contributed by atoms with E-state index in [1.54, 1.807) is 0 Å². The highest BCUT2D eigenvalue weighted by Gasteiger charge is 2.13. The largest absolute Gasteiger partial charge is 0.445 e. The number of hydrogen-bond acceptors (Lipinski definition) is 7. The number of esters is 1. The maximum atomic E-state index is 11.9. The van der Waals surface area contributed by atoms with Crippen molar-refractivity contribution in [1.29, 1.82) is 0 Å². The van der Waals surface area contributed by atoms with Gasteiger partial charge in [-0.05, 0) is 61.9 Å². The summed E-state index contributed by atoms with van der Waals surface area (Å²) in [6.45, 7) is 6.88. The summed E-state index contributed by atoms with van der Waals surface area (Å²) in [5.74, 6) is 0.0490. The van der Waals surface area contributed by atoms with E-state index in [9.17, 15) is 14.2 Å². The number of nitrogens with one attached hydrogen (secondary N) is 1. The molecule has 1 rings (SSSR count). The number of benzene rings is 1. The number of amides is 1. The normalized spacial score (nSPS) is 12.8. The standard InChI is InChI=1S/C21H33INO8P/c1-4-10-28-15-19(24)31-20-16(2)12-18(13-17(20)3)14-29-21(25)23-9-7-5-6-8-11-30-32(22,26)27/h12-13H,4-11,14-15H2,1-3H3,(H,23,25)(H,26,27). The third-order valence-electron chi connectivity index (χ3n) is 4.27. The summed E-state index contributed by atoms with van der Waals surface area (Å²) >= 11 is 1.39. The van der Waals surface area contributed by atoms with Gasteiger partial charge in [0.1, 0.15) is 19.0 Å². The minimum Gasteiger partial charge on any atom is -0.445 e. The average molecular weight is 585 g/mol. The molecule has 11 heteroatoms. The average Bonchev–Trinajstić information content (AvgIpc) is 2.70. The number of alkyl carbamates (subject to hydrolysis) is 1. The summed E-state index contributed by atoms with van der Waals surface area (Å²) in [5, 5.41) is -0.727. The number of carbonyl (C=O) groups excluding carboxylic acids is 2. The molecule has 2 N–H and O–H groups in total. The van der Waals surface area contributed by atoms with E-state index in [1.807, 2.05) is 32.9 Å². The Labute approximate surface area is 202 Å². The molecule has 1 atom stereocenters. The zero-order valence-electron chi connectivity index (χ0n) is 18.9. The highest BCUT2D eigenvalue weighted by Crippen LogP contribution is 2.51. The molecule has 32 heavy (non-hydrogen) atoms. The molecule has 1 unspecified atom stereocenters. The van der Waals surface area contributed by atoms with Crippen molar-refractivity contribution >= 4 is 39.3 Å². The van der Waals surface area contributed by atoms with Gasteiger partial charge in [-0.25, -0.2) is 14.2 Å². The van der Waals surface area contributed by atoms with Gasteiger partial charge < -0.3 is 28.9 Å². The van der Waals surface area contributed by atoms with Crippen molar-refractivity contribution in [2.45, 2.75) is 59.5 Å². The van der Waals surface area contributed by atoms with E-state index in [4.69, 9.17) is 23.6 Å². The molecule has 1 aromatic carbocycles. The molecule has 0 radical (unpaired) electrons. The number of hydrogen-bond donors (Lipinski definition) is 2. The van der Waals surface area contributed by atoms with Crippen LogP contribution in [0, 0.1) is 13.8 Å². The summed E-state index contributed by atoms with van der Waals surface area (Å²) in [4.78, 5) is 32.8. The lowest BCUT2D eigenvalue weighted by Crippen LogP contribution is -2.25. The SMILES string of the molecule is CCCOCC(=O)Oc1c(C)cc(COC(=O)NCCCCCCOP(=O)(O)I)cc1C. The third kappa shape index (κ3) is 13.4. The molecule has 0 saturated carbocycles. The summed E-state index contributed by atoms with van der Waals surface area (Å²) < 4.78 is 31.6. The molecular formula is C21H33INO8P. The van der Waals surface area contributed by atoms with Gasteiger partial charge in [-0.3, -0.25) is 0 Å². The Morgan fingerprint density at radius 2 is 1.75 bits per heavy atom. The Balaban J connectivity index is 2.29. The zero-order valence-corrected chi connectivity index (χ0v) is 21.9. The molecule has 0 bridgehead atoms. The van der Waals surface area contributed by atoms with Crippen molar-refractivity contribution in [3.63, 3.8) is 0 Å². The fraction of sp³-hybridized carbons (Fsp3) is 0.619. The Morgan fingerprint density at radius 3 is 2.38 bits per heavy atom. The fourth-order valence-electron chi connectivity index (χ4n) is 2.88. The van der Waals surface area contributed by atoms with Crippen LogP contribution in [0.3, 0.4) is 0 Å². The molecule has 182 valence electrons. The molecule has 0 saturated heterocycles. The topological polar surface area (TPSA) is 120 Å². The van der Waals surface area contributed by atoms with Gasteiger partial charge in [-0.2, -0.15) is 0 Å². The van der Waals surface area contributed by atoms with Gasteiger partial charge in [0, 0.05) is 13.2 Å². The molecule has 0 spiro atoms. The van der Waals surface area contributed by atoms with Crippen molar-refractivity contribution in [1.82, 2.24) is 5.32 Å². The third-order valence-corrected chi connectivity index (χ3v) is 5.60. The molecule has 0 aliphatic heterocycles. The molecule has 1 aromatic rings. The van der Waals surface area contributed by atoms with Crippen LogP contribution in [0.2, 0.25) is 0 Å². The first-order chi connectivity index (χ1) is 15.1. The molecule has 0 aliphatic carbocycles. The fourth-order valence-corrected chi connectivity index (χ4v) is 3.82. The minimum absolute atomic E-state index is 0.0886. The van der Waals surface area contributed by atoms with Crippen molar-refractivity contribution in [3.05, 3.63) is 28.8 Å². The van der Waals surface area contributed by atoms with Gasteiger partial charge in [-0.15, -0.1) is 0 Å². The van der Waals surface area contributed by atoms with Crippen LogP contribution < -0.4 is 10.1 Å². The van der Waals surface area contributed by atoms with E-state index in [1.165, 1.54) is 22.0 Å². The molecule has 0 aromatic heterocycles. The molecule has 1 amide bonds. The monoisotopic (exact) mass is 585 g/mol. The summed E-state index contributed by atoms with van der Waals surface area (Å²) in [5.41, 5.74) is 2.35. The van der Waals surface area contributed by atoms with Gasteiger partial charge in [0.25, 0.3) is 0 Å². The molecule has 0 aliphatic rings. The second-order valence-corrected chi connectivity index (χ2v) is 12.1. The highest BCUT2D eigenvalue weighted by atomic mass is 127. The van der Waals surface area contributed by atoms with Gasteiger partial charge in [0.2, 0.25) is 0 Å². The van der Waals surface area contributed by atoms with E-state index in [-0.39, 0.29) is 19.8 Å². The molecule has 9 nitrogen and oxygen atoms in total. The predicted molar refractivity (Wildman–Crippen MR) is 129 cm³/mol. The number of ether oxygens (including phenoxy) is 3. The van der Waals surface area contributed by atoms with E-state index in [0.29, 0.717) is 25.3 Å². The number of aryl methyl sites for hydroxylation is 2. The number of halogens is 1. The summed E-state index contributed by atoms with van der Waals surface area (Å²) in [7, 11) is 0. The predicted octanol–water partition coefficient (Wildman–Crippen LogP) is 4.97. The van der Waals surface area contributed by atoms with Crippen molar-refractivity contribution < 1.29 is 37.8 Å². The van der Waals surface area contributed by atoms with E-state index >= 15 is 0 Å². The van der Waals surface area contributed by atoms with Crippen LogP contribution in [0.25, 0.3) is 0 Å². The first kappa shape index (κ1) is 28.8. The second-order valence-electron chi connectivity index (χ2n) is 7.29. The van der Waals surface area contributed by atoms with Crippen LogP contribution in [0.1, 0.15) is 55.7 Å². The van der Waals surface area contributed by atoms with E-state index in [2.05, 4.69) is 5.32 Å². The van der Waals surface area contributed by atoms with E-state index < -0.39 is 17.3 Å². The number of carbonyl (C=O) groups is 2. The zero-order chi connectivity index (χ0) is 24.0. The molecular weight excluding hydrogens is 552 g/mol. The van der Waals surface area contributed by atoms with Crippen LogP contribution in [-0.2, 0) is 30.0 Å². The Hall–Kier alpha value is -1.20. The van der Waals surface area contributed by atoms with Gasteiger partial charge in [0.15, 0.2) is 0 Å². The van der Waals surface area contributed by atoms with Gasteiger partial charge >= 0.3 is 17.3 Å². The van der Waals surface area contributed by atoms with Crippen LogP contribution in [0.4, 0.5) is 4.79 Å². The number of rotatable bonds is 15. The van der Waals surface area contributed by atoms with E-state index in [0.717, 1.165) is 42.4 Å². The lowest BCUT2D eigenvalue weighted by molar-refractivity contribution is -0.139. The smallest absolute Gasteiger partial charge is 0.407 e. The lowest BCUT2D eigenvalue weighted by atomic mass is 10.1. The van der Waals surface area contributed by atoms with Crippen LogP contribution in [-0.4, -0.2) is 43.3 Å². The highest BCUT2D eigenvalue weighted by molar-refractivity contribution is 14.2. The summed E-state index contributed by atoms with van der Waals surface area (Å²) in [6.07, 6.45) is 3.50. The van der Waals surface area contributed by atoms with Crippen LogP contribution in [0.5, 0.6) is 5.75 Å². The van der Waals surface area contributed by atoms with Crippen LogP contribution >= 0.6 is 27.3 Å². The maximum Gasteiger partial charge on any atom is 0.407 e. The number of unbranched alkanes of at least 4 members (excludes halogenated alkanes) is 3. The van der Waals surface area contributed by atoms with Crippen LogP contribution in [0.15, 0.2) is 12.1 Å². The quantitative estimate of drug-likeness (QED) is 0.0974. The first-order valence-electron chi connectivity index (χ1n) is 10.6. The molecule has 0 heterocycles.